The number of hydrogen-bond acceptors (Lipinski definition) is 4. The Balaban J connectivity index is 0.00000127. The van der Waals surface area contributed by atoms with Crippen LogP contribution in [0.15, 0.2) is 47.9 Å². The molecule has 124 valence electrons. The van der Waals surface area contributed by atoms with Gasteiger partial charge in [0.05, 0.1) is 5.69 Å². The number of aryl methyl sites for hydroxylation is 1. The Hall–Kier alpha value is -2.27. The average molecular weight is 314 g/mol. The molecule has 0 amide bonds. The highest BCUT2D eigenvalue weighted by molar-refractivity contribution is 6.08. The largest absolute Gasteiger partial charge is 0.349 e. The summed E-state index contributed by atoms with van der Waals surface area (Å²) in [4.78, 5) is 12.9. The van der Waals surface area contributed by atoms with Gasteiger partial charge in [0.25, 0.3) is 0 Å². The molecule has 2 aromatic rings. The van der Waals surface area contributed by atoms with E-state index in [1.165, 1.54) is 0 Å². The lowest BCUT2D eigenvalue weighted by Gasteiger charge is -2.08. The van der Waals surface area contributed by atoms with Crippen LogP contribution in [-0.2, 0) is 18.4 Å². The standard InChI is InChI=1S/C16H20N4O.C2H6/c1-4-14(15-7-5-6-8-17-15)11-19-13(2)21-12-16-18-9-10-20(16)3;1-2/h4-11,13H,12H2,1-3H3;1-2H3/b14-4+,19-11-;. The van der Waals surface area contributed by atoms with Gasteiger partial charge in [-0.15, -0.1) is 0 Å². The molecule has 0 saturated heterocycles. The number of aliphatic imine (C=N–C) groups is 1. The summed E-state index contributed by atoms with van der Waals surface area (Å²) in [6, 6.07) is 5.81. The number of ether oxygens (including phenoxy) is 1. The molecular formula is C18H26N4O. The van der Waals surface area contributed by atoms with E-state index in [-0.39, 0.29) is 6.23 Å². The molecule has 2 rings (SSSR count). The van der Waals surface area contributed by atoms with Crippen molar-refractivity contribution < 1.29 is 4.74 Å². The Bertz CT molecular complexity index is 617. The second kappa shape index (κ2) is 10.5. The van der Waals surface area contributed by atoms with Crippen molar-refractivity contribution in [3.8, 4) is 0 Å². The van der Waals surface area contributed by atoms with Gasteiger partial charge in [0.15, 0.2) is 0 Å². The highest BCUT2D eigenvalue weighted by Gasteiger charge is 2.04. The van der Waals surface area contributed by atoms with Crippen molar-refractivity contribution in [1.82, 2.24) is 14.5 Å². The minimum absolute atomic E-state index is 0.236. The zero-order chi connectivity index (χ0) is 17.1. The van der Waals surface area contributed by atoms with Gasteiger partial charge >= 0.3 is 0 Å². The molecule has 0 bridgehead atoms. The summed E-state index contributed by atoms with van der Waals surface area (Å²) in [6.45, 7) is 8.32. The van der Waals surface area contributed by atoms with Crippen LogP contribution in [0.5, 0.6) is 0 Å². The van der Waals surface area contributed by atoms with Crippen molar-refractivity contribution in [3.63, 3.8) is 0 Å². The monoisotopic (exact) mass is 314 g/mol. The van der Waals surface area contributed by atoms with Crippen LogP contribution in [0, 0.1) is 0 Å². The molecule has 0 N–H and O–H groups in total. The molecule has 0 aromatic carbocycles. The summed E-state index contributed by atoms with van der Waals surface area (Å²) in [6.07, 6.45) is 8.97. The molecular weight excluding hydrogens is 288 g/mol. The maximum Gasteiger partial charge on any atom is 0.146 e. The van der Waals surface area contributed by atoms with E-state index in [0.717, 1.165) is 17.1 Å². The molecule has 5 heteroatoms. The third-order valence-corrected chi connectivity index (χ3v) is 3.07. The number of imidazole rings is 1. The fraction of sp³-hybridized carbons (Fsp3) is 0.389. The molecule has 0 aliphatic rings. The van der Waals surface area contributed by atoms with Crippen LogP contribution >= 0.6 is 0 Å². The maximum absolute atomic E-state index is 5.67. The minimum atomic E-state index is -0.236. The first-order chi connectivity index (χ1) is 11.2. The van der Waals surface area contributed by atoms with E-state index < -0.39 is 0 Å². The van der Waals surface area contributed by atoms with Crippen LogP contribution in [0.25, 0.3) is 5.57 Å². The lowest BCUT2D eigenvalue weighted by Crippen LogP contribution is -2.08. The normalized spacial score (nSPS) is 12.8. The van der Waals surface area contributed by atoms with Gasteiger partial charge in [0.2, 0.25) is 0 Å². The summed E-state index contributed by atoms with van der Waals surface area (Å²) in [5, 5.41) is 0. The van der Waals surface area contributed by atoms with Crippen LogP contribution < -0.4 is 0 Å². The third-order valence-electron chi connectivity index (χ3n) is 3.07. The number of nitrogens with zero attached hydrogens (tertiary/aromatic N) is 4. The Morgan fingerprint density at radius 2 is 2.09 bits per heavy atom. The van der Waals surface area contributed by atoms with E-state index in [0.29, 0.717) is 6.61 Å². The van der Waals surface area contributed by atoms with E-state index in [1.807, 2.05) is 69.8 Å². The highest BCUT2D eigenvalue weighted by atomic mass is 16.5. The molecule has 0 saturated carbocycles. The fourth-order valence-corrected chi connectivity index (χ4v) is 1.78. The molecule has 0 radical (unpaired) electrons. The van der Waals surface area contributed by atoms with Crippen molar-refractivity contribution in [2.75, 3.05) is 0 Å². The van der Waals surface area contributed by atoms with E-state index in [2.05, 4.69) is 15.0 Å². The molecule has 1 unspecified atom stereocenters. The van der Waals surface area contributed by atoms with Gasteiger partial charge in [0.1, 0.15) is 18.7 Å². The molecule has 0 aliphatic carbocycles. The number of aromatic nitrogens is 3. The summed E-state index contributed by atoms with van der Waals surface area (Å²) in [5.41, 5.74) is 1.88. The molecule has 2 heterocycles. The van der Waals surface area contributed by atoms with Gasteiger partial charge in [-0.05, 0) is 26.0 Å². The molecule has 0 spiro atoms. The third kappa shape index (κ3) is 6.16. The van der Waals surface area contributed by atoms with Crippen LogP contribution in [0.3, 0.4) is 0 Å². The number of hydrogen-bond donors (Lipinski definition) is 0. The summed E-state index contributed by atoms with van der Waals surface area (Å²) in [5.74, 6) is 0.882. The Labute approximate surface area is 138 Å². The summed E-state index contributed by atoms with van der Waals surface area (Å²) >= 11 is 0. The Kier molecular flexibility index (Phi) is 8.54. The van der Waals surface area contributed by atoms with Gasteiger partial charge < -0.3 is 9.30 Å². The van der Waals surface area contributed by atoms with Gasteiger partial charge in [-0.3, -0.25) is 9.98 Å². The van der Waals surface area contributed by atoms with Crippen molar-refractivity contribution in [2.24, 2.45) is 12.0 Å². The molecule has 23 heavy (non-hydrogen) atoms. The first-order valence-corrected chi connectivity index (χ1v) is 7.89. The van der Waals surface area contributed by atoms with Gasteiger partial charge in [-0.25, -0.2) is 4.98 Å². The highest BCUT2D eigenvalue weighted by Crippen LogP contribution is 2.09. The lowest BCUT2D eigenvalue weighted by atomic mass is 10.2. The maximum atomic E-state index is 5.67. The van der Waals surface area contributed by atoms with E-state index >= 15 is 0 Å². The van der Waals surface area contributed by atoms with Crippen molar-refractivity contribution in [1.29, 1.82) is 0 Å². The molecule has 0 fully saturated rings. The Morgan fingerprint density at radius 1 is 1.30 bits per heavy atom. The summed E-state index contributed by atoms with van der Waals surface area (Å²) < 4.78 is 7.60. The van der Waals surface area contributed by atoms with Crippen LogP contribution in [0.1, 0.15) is 39.2 Å². The SMILES string of the molecule is C/C=C(\C=N/C(C)OCc1nccn1C)c1ccccn1.CC. The first-order valence-electron chi connectivity index (χ1n) is 7.89. The molecule has 0 aliphatic heterocycles. The Morgan fingerprint density at radius 3 is 2.65 bits per heavy atom. The minimum Gasteiger partial charge on any atom is -0.349 e. The molecule has 1 atom stereocenters. The molecule has 5 nitrogen and oxygen atoms in total. The van der Waals surface area contributed by atoms with E-state index in [4.69, 9.17) is 4.74 Å². The summed E-state index contributed by atoms with van der Waals surface area (Å²) in [7, 11) is 1.94. The van der Waals surface area contributed by atoms with Crippen LogP contribution in [0.2, 0.25) is 0 Å². The van der Waals surface area contributed by atoms with Gasteiger partial charge in [-0.1, -0.05) is 26.0 Å². The average Bonchev–Trinajstić information content (AvgIpc) is 3.01. The van der Waals surface area contributed by atoms with Crippen molar-refractivity contribution >= 4 is 11.8 Å². The number of rotatable bonds is 6. The van der Waals surface area contributed by atoms with E-state index in [9.17, 15) is 0 Å². The smallest absolute Gasteiger partial charge is 0.146 e. The predicted molar refractivity (Wildman–Crippen MR) is 95.2 cm³/mol. The topological polar surface area (TPSA) is 52.3 Å². The fourth-order valence-electron chi connectivity index (χ4n) is 1.78. The first kappa shape index (κ1) is 18.8. The zero-order valence-electron chi connectivity index (χ0n) is 14.6. The van der Waals surface area contributed by atoms with Crippen LogP contribution in [0.4, 0.5) is 0 Å². The second-order valence-electron chi connectivity index (χ2n) is 4.60. The number of allylic oxidation sites excluding steroid dienone is 2. The predicted octanol–water partition coefficient (Wildman–Crippen LogP) is 3.88. The van der Waals surface area contributed by atoms with Crippen LogP contribution in [-0.4, -0.2) is 27.0 Å². The second-order valence-corrected chi connectivity index (χ2v) is 4.60. The van der Waals surface area contributed by atoms with E-state index in [1.54, 1.807) is 18.6 Å². The zero-order valence-corrected chi connectivity index (χ0v) is 14.6. The van der Waals surface area contributed by atoms with Gasteiger partial charge in [0, 0.05) is 37.4 Å². The lowest BCUT2D eigenvalue weighted by molar-refractivity contribution is 0.0542. The molecule has 2 aromatic heterocycles. The van der Waals surface area contributed by atoms with Crippen molar-refractivity contribution in [2.45, 2.75) is 40.5 Å². The van der Waals surface area contributed by atoms with Gasteiger partial charge in [-0.2, -0.15) is 0 Å². The number of pyridine rings is 1. The van der Waals surface area contributed by atoms with Crippen molar-refractivity contribution in [3.05, 3.63) is 54.4 Å². The quantitative estimate of drug-likeness (QED) is 0.760.